The Morgan fingerprint density at radius 3 is 2.61 bits per heavy atom. The van der Waals surface area contributed by atoms with Gasteiger partial charge in [0.15, 0.2) is 0 Å². The van der Waals surface area contributed by atoms with Crippen LogP contribution < -0.4 is 0 Å². The Kier molecular flexibility index (Phi) is 2.90. The number of pyridine rings is 2. The zero-order valence-electron chi connectivity index (χ0n) is 9.27. The van der Waals surface area contributed by atoms with Gasteiger partial charge >= 0.3 is 0 Å². The first-order chi connectivity index (χ1) is 8.75. The minimum atomic E-state index is 0.650. The van der Waals surface area contributed by atoms with Gasteiger partial charge < -0.3 is 0 Å². The Morgan fingerprint density at radius 2 is 1.78 bits per heavy atom. The van der Waals surface area contributed by atoms with Crippen molar-refractivity contribution in [3.8, 4) is 11.3 Å². The average molecular weight is 275 g/mol. The van der Waals surface area contributed by atoms with Crippen molar-refractivity contribution in [1.29, 1.82) is 0 Å². The van der Waals surface area contributed by atoms with Gasteiger partial charge in [-0.1, -0.05) is 41.4 Å². The molecule has 0 aliphatic carbocycles. The molecule has 2 nitrogen and oxygen atoms in total. The maximum atomic E-state index is 6.25. The summed E-state index contributed by atoms with van der Waals surface area (Å²) in [6.07, 6.45) is 3.40. The quantitative estimate of drug-likeness (QED) is 0.648. The molecule has 18 heavy (non-hydrogen) atoms. The van der Waals surface area contributed by atoms with Crippen LogP contribution in [-0.4, -0.2) is 9.97 Å². The molecule has 0 unspecified atom stereocenters. The summed E-state index contributed by atoms with van der Waals surface area (Å²) in [6.45, 7) is 0. The highest BCUT2D eigenvalue weighted by Gasteiger charge is 2.08. The van der Waals surface area contributed by atoms with Crippen LogP contribution in [0.2, 0.25) is 10.0 Å². The van der Waals surface area contributed by atoms with Crippen molar-refractivity contribution in [2.24, 2.45) is 0 Å². The summed E-state index contributed by atoms with van der Waals surface area (Å²) in [4.78, 5) is 8.59. The lowest BCUT2D eigenvalue weighted by atomic mass is 10.1. The molecule has 0 N–H and O–H groups in total. The highest BCUT2D eigenvalue weighted by atomic mass is 35.5. The van der Waals surface area contributed by atoms with Crippen LogP contribution in [0.5, 0.6) is 0 Å². The summed E-state index contributed by atoms with van der Waals surface area (Å²) in [5.74, 6) is 0. The highest BCUT2D eigenvalue weighted by Crippen LogP contribution is 2.31. The molecular formula is C14H8Cl2N2. The van der Waals surface area contributed by atoms with E-state index in [-0.39, 0.29) is 0 Å². The van der Waals surface area contributed by atoms with E-state index in [9.17, 15) is 0 Å². The molecule has 2 heterocycles. The lowest BCUT2D eigenvalue weighted by molar-refractivity contribution is 1.31. The minimum Gasteiger partial charge on any atom is -0.262 e. The van der Waals surface area contributed by atoms with Crippen LogP contribution in [0, 0.1) is 0 Å². The third kappa shape index (κ3) is 1.94. The minimum absolute atomic E-state index is 0.650. The second-order valence-corrected chi connectivity index (χ2v) is 4.68. The summed E-state index contributed by atoms with van der Waals surface area (Å²) in [7, 11) is 0. The molecule has 0 saturated carbocycles. The Hall–Kier alpha value is -1.64. The largest absolute Gasteiger partial charge is 0.262 e. The number of rotatable bonds is 1. The molecule has 0 radical (unpaired) electrons. The molecule has 88 valence electrons. The van der Waals surface area contributed by atoms with Gasteiger partial charge in [0.1, 0.15) is 0 Å². The fourth-order valence-corrected chi connectivity index (χ4v) is 2.34. The Balaban J connectivity index is 2.28. The van der Waals surface area contributed by atoms with E-state index in [0.717, 1.165) is 22.2 Å². The van der Waals surface area contributed by atoms with Gasteiger partial charge in [0, 0.05) is 22.2 Å². The molecule has 4 heteroatoms. The predicted molar refractivity (Wildman–Crippen MR) is 75.0 cm³/mol. The van der Waals surface area contributed by atoms with Crippen molar-refractivity contribution in [1.82, 2.24) is 9.97 Å². The van der Waals surface area contributed by atoms with E-state index in [1.165, 1.54) is 0 Å². The fourth-order valence-electron chi connectivity index (χ4n) is 1.84. The molecule has 1 aromatic carbocycles. The molecular weight excluding hydrogens is 267 g/mol. The van der Waals surface area contributed by atoms with E-state index in [1.54, 1.807) is 12.4 Å². The van der Waals surface area contributed by atoms with Crippen molar-refractivity contribution >= 4 is 34.1 Å². The van der Waals surface area contributed by atoms with Crippen LogP contribution >= 0.6 is 23.2 Å². The van der Waals surface area contributed by atoms with E-state index >= 15 is 0 Å². The molecule has 0 fully saturated rings. The van der Waals surface area contributed by atoms with E-state index in [2.05, 4.69) is 9.97 Å². The number of hydrogen-bond acceptors (Lipinski definition) is 2. The smallest absolute Gasteiger partial charge is 0.0907 e. The molecule has 2 aromatic heterocycles. The summed E-state index contributed by atoms with van der Waals surface area (Å²) in [6, 6.07) is 11.2. The molecule has 0 spiro atoms. The van der Waals surface area contributed by atoms with Gasteiger partial charge in [0.05, 0.1) is 22.4 Å². The van der Waals surface area contributed by atoms with Gasteiger partial charge in [0.2, 0.25) is 0 Å². The van der Waals surface area contributed by atoms with Crippen molar-refractivity contribution < 1.29 is 0 Å². The second-order valence-electron chi connectivity index (χ2n) is 3.86. The monoisotopic (exact) mass is 274 g/mol. The number of fused-ring (bicyclic) bond motifs is 1. The van der Waals surface area contributed by atoms with Crippen LogP contribution in [-0.2, 0) is 0 Å². The SMILES string of the molecule is Clc1ccccc1-c1cc(Cl)c2ccncc2n1. The third-order valence-corrected chi connectivity index (χ3v) is 3.35. The zero-order valence-corrected chi connectivity index (χ0v) is 10.8. The summed E-state index contributed by atoms with van der Waals surface area (Å²) in [5.41, 5.74) is 2.39. The van der Waals surface area contributed by atoms with E-state index in [1.807, 2.05) is 36.4 Å². The molecule has 0 amide bonds. The van der Waals surface area contributed by atoms with Crippen LogP contribution in [0.25, 0.3) is 22.2 Å². The maximum absolute atomic E-state index is 6.25. The standard InChI is InChI=1S/C14H8Cl2N2/c15-11-4-2-1-3-9(11)13-7-12(16)10-5-6-17-8-14(10)18-13/h1-8H. The van der Waals surface area contributed by atoms with Gasteiger partial charge in [-0.05, 0) is 18.2 Å². The maximum Gasteiger partial charge on any atom is 0.0907 e. The first-order valence-corrected chi connectivity index (χ1v) is 6.16. The first-order valence-electron chi connectivity index (χ1n) is 5.41. The molecule has 3 aromatic rings. The predicted octanol–water partition coefficient (Wildman–Crippen LogP) is 4.60. The molecule has 0 aliphatic heterocycles. The Bertz CT molecular complexity index is 726. The molecule has 0 aliphatic rings. The number of nitrogens with zero attached hydrogens (tertiary/aromatic N) is 2. The number of halogens is 2. The highest BCUT2D eigenvalue weighted by molar-refractivity contribution is 6.36. The number of hydrogen-bond donors (Lipinski definition) is 0. The molecule has 0 bridgehead atoms. The lowest BCUT2D eigenvalue weighted by Gasteiger charge is -2.06. The normalized spacial score (nSPS) is 10.8. The topological polar surface area (TPSA) is 25.8 Å². The Morgan fingerprint density at radius 1 is 0.944 bits per heavy atom. The fraction of sp³-hybridized carbons (Fsp3) is 0. The van der Waals surface area contributed by atoms with Crippen molar-refractivity contribution in [3.05, 3.63) is 58.8 Å². The van der Waals surface area contributed by atoms with Gasteiger partial charge in [-0.2, -0.15) is 0 Å². The average Bonchev–Trinajstić information content (AvgIpc) is 2.39. The third-order valence-electron chi connectivity index (χ3n) is 2.71. The summed E-state index contributed by atoms with van der Waals surface area (Å²) in [5, 5.41) is 2.20. The van der Waals surface area contributed by atoms with Crippen LogP contribution in [0.3, 0.4) is 0 Å². The second kappa shape index (κ2) is 4.56. The lowest BCUT2D eigenvalue weighted by Crippen LogP contribution is -1.88. The first kappa shape index (κ1) is 11.5. The van der Waals surface area contributed by atoms with Gasteiger partial charge in [-0.25, -0.2) is 4.98 Å². The van der Waals surface area contributed by atoms with Crippen LogP contribution in [0.1, 0.15) is 0 Å². The van der Waals surface area contributed by atoms with E-state index < -0.39 is 0 Å². The molecule has 3 rings (SSSR count). The number of aromatic nitrogens is 2. The van der Waals surface area contributed by atoms with Crippen molar-refractivity contribution in [3.63, 3.8) is 0 Å². The summed E-state index contributed by atoms with van der Waals surface area (Å²) < 4.78 is 0. The molecule has 0 saturated heterocycles. The van der Waals surface area contributed by atoms with Crippen molar-refractivity contribution in [2.75, 3.05) is 0 Å². The van der Waals surface area contributed by atoms with Crippen LogP contribution in [0.4, 0.5) is 0 Å². The van der Waals surface area contributed by atoms with E-state index in [0.29, 0.717) is 10.0 Å². The Labute approximate surface area is 114 Å². The van der Waals surface area contributed by atoms with Crippen molar-refractivity contribution in [2.45, 2.75) is 0 Å². The summed E-state index contributed by atoms with van der Waals surface area (Å²) >= 11 is 12.4. The molecule has 0 atom stereocenters. The van der Waals surface area contributed by atoms with Gasteiger partial charge in [-0.3, -0.25) is 4.98 Å². The van der Waals surface area contributed by atoms with E-state index in [4.69, 9.17) is 23.2 Å². The zero-order chi connectivity index (χ0) is 12.5. The van der Waals surface area contributed by atoms with Crippen LogP contribution in [0.15, 0.2) is 48.8 Å². The van der Waals surface area contributed by atoms with Gasteiger partial charge in [-0.15, -0.1) is 0 Å². The van der Waals surface area contributed by atoms with Gasteiger partial charge in [0.25, 0.3) is 0 Å². The number of benzene rings is 1.